The van der Waals surface area contributed by atoms with Crippen molar-refractivity contribution in [1.82, 2.24) is 0 Å². The Bertz CT molecular complexity index is 442. The number of hydrogen-bond acceptors (Lipinski definition) is 3. The zero-order chi connectivity index (χ0) is 17.5. The first-order chi connectivity index (χ1) is 11.8. The fraction of sp³-hybridized carbons (Fsp3) is 0.667. The highest BCUT2D eigenvalue weighted by molar-refractivity contribution is 5.91. The molecule has 0 radical (unpaired) electrons. The third kappa shape index (κ3) is 9.07. The Hall–Kier alpha value is -1.35. The van der Waals surface area contributed by atoms with Gasteiger partial charge in [0.2, 0.25) is 0 Å². The van der Waals surface area contributed by atoms with Crippen LogP contribution in [0.2, 0.25) is 0 Å². The summed E-state index contributed by atoms with van der Waals surface area (Å²) in [5.41, 5.74) is 1.70. The summed E-state index contributed by atoms with van der Waals surface area (Å²) in [6.45, 7) is 5.86. The molecule has 0 aliphatic heterocycles. The minimum absolute atomic E-state index is 0.247. The van der Waals surface area contributed by atoms with E-state index in [4.69, 9.17) is 9.47 Å². The number of esters is 1. The number of carbonyl (C=O) groups excluding carboxylic acids is 1. The Balaban J connectivity index is 1.97. The predicted molar refractivity (Wildman–Crippen MR) is 99.5 cm³/mol. The van der Waals surface area contributed by atoms with Gasteiger partial charge in [-0.1, -0.05) is 77.0 Å². The Morgan fingerprint density at radius 3 is 2.21 bits per heavy atom. The summed E-state index contributed by atoms with van der Waals surface area (Å²) in [6.07, 6.45) is 11.2. The second kappa shape index (κ2) is 14.0. The van der Waals surface area contributed by atoms with Gasteiger partial charge in [0, 0.05) is 6.61 Å². The lowest BCUT2D eigenvalue weighted by Crippen LogP contribution is -2.12. The molecular weight excluding hydrogens is 300 g/mol. The normalized spacial score (nSPS) is 10.8. The van der Waals surface area contributed by atoms with E-state index < -0.39 is 0 Å². The number of carbonyl (C=O) groups is 1. The Morgan fingerprint density at radius 1 is 0.833 bits per heavy atom. The predicted octanol–water partition coefficient (Wildman–Crippen LogP) is 5.56. The van der Waals surface area contributed by atoms with E-state index in [9.17, 15) is 4.79 Å². The average molecular weight is 335 g/mol. The number of hydrogen-bond donors (Lipinski definition) is 0. The lowest BCUT2D eigenvalue weighted by atomic mass is 10.1. The van der Waals surface area contributed by atoms with Gasteiger partial charge in [-0.05, 0) is 24.5 Å². The molecule has 0 amide bonds. The van der Waals surface area contributed by atoms with Crippen LogP contribution < -0.4 is 0 Å². The van der Waals surface area contributed by atoms with Crippen molar-refractivity contribution in [3.8, 4) is 0 Å². The van der Waals surface area contributed by atoms with Crippen molar-refractivity contribution in [3.63, 3.8) is 0 Å². The molecule has 0 saturated heterocycles. The van der Waals surface area contributed by atoms with Crippen molar-refractivity contribution in [2.45, 2.75) is 71.6 Å². The van der Waals surface area contributed by atoms with Crippen LogP contribution in [0, 0.1) is 0 Å². The first-order valence-electron chi connectivity index (χ1n) is 9.62. The molecule has 0 saturated carbocycles. The lowest BCUT2D eigenvalue weighted by Gasteiger charge is -2.09. The van der Waals surface area contributed by atoms with E-state index in [1.165, 1.54) is 44.9 Å². The fourth-order valence-electron chi connectivity index (χ4n) is 2.74. The van der Waals surface area contributed by atoms with Crippen LogP contribution in [0.25, 0.3) is 0 Å². The van der Waals surface area contributed by atoms with Crippen LogP contribution in [0.3, 0.4) is 0 Å². The van der Waals surface area contributed by atoms with Gasteiger partial charge < -0.3 is 9.47 Å². The van der Waals surface area contributed by atoms with Crippen molar-refractivity contribution < 1.29 is 14.3 Å². The molecule has 0 atom stereocenters. The van der Waals surface area contributed by atoms with Gasteiger partial charge in [0.1, 0.15) is 6.61 Å². The summed E-state index contributed by atoms with van der Waals surface area (Å²) >= 11 is 0. The van der Waals surface area contributed by atoms with Crippen molar-refractivity contribution >= 4 is 5.97 Å². The second-order valence-corrected chi connectivity index (χ2v) is 6.23. The molecule has 0 unspecified atom stereocenters. The van der Waals surface area contributed by atoms with Crippen LogP contribution in [-0.4, -0.2) is 25.8 Å². The fourth-order valence-corrected chi connectivity index (χ4v) is 2.74. The Morgan fingerprint density at radius 2 is 1.50 bits per heavy atom. The maximum absolute atomic E-state index is 12.0. The number of rotatable bonds is 14. The van der Waals surface area contributed by atoms with Gasteiger partial charge in [0.15, 0.2) is 0 Å². The molecule has 0 aliphatic carbocycles. The molecule has 136 valence electrons. The molecule has 1 rings (SSSR count). The molecule has 0 spiro atoms. The first kappa shape index (κ1) is 20.7. The number of unbranched alkanes of at least 4 members (excludes halogenated alkanes) is 7. The molecule has 1 aromatic carbocycles. The molecule has 0 N–H and O–H groups in total. The largest absolute Gasteiger partial charge is 0.460 e. The van der Waals surface area contributed by atoms with Crippen molar-refractivity contribution in [2.24, 2.45) is 0 Å². The van der Waals surface area contributed by atoms with E-state index in [0.29, 0.717) is 18.8 Å². The van der Waals surface area contributed by atoms with E-state index >= 15 is 0 Å². The summed E-state index contributed by atoms with van der Waals surface area (Å²) in [5, 5.41) is 0. The van der Waals surface area contributed by atoms with Crippen LogP contribution in [-0.2, 0) is 15.9 Å². The van der Waals surface area contributed by atoms with Gasteiger partial charge in [0.25, 0.3) is 0 Å². The summed E-state index contributed by atoms with van der Waals surface area (Å²) in [4.78, 5) is 12.0. The highest BCUT2D eigenvalue weighted by Gasteiger charge is 2.10. The molecule has 3 nitrogen and oxygen atoms in total. The van der Waals surface area contributed by atoms with Gasteiger partial charge in [0.05, 0.1) is 12.2 Å². The van der Waals surface area contributed by atoms with Crippen LogP contribution in [0.1, 0.15) is 81.1 Å². The summed E-state index contributed by atoms with van der Waals surface area (Å²) < 4.78 is 10.8. The molecule has 0 aliphatic rings. The summed E-state index contributed by atoms with van der Waals surface area (Å²) in [7, 11) is 0. The highest BCUT2D eigenvalue weighted by atomic mass is 16.6. The van der Waals surface area contributed by atoms with Crippen LogP contribution in [0.5, 0.6) is 0 Å². The first-order valence-corrected chi connectivity index (χ1v) is 9.62. The number of aryl methyl sites for hydroxylation is 1. The SMILES string of the molecule is CCCCCCCCCCOCCOC(=O)c1ccccc1CC. The van der Waals surface area contributed by atoms with Crippen LogP contribution in [0.4, 0.5) is 0 Å². The summed E-state index contributed by atoms with van der Waals surface area (Å²) in [6, 6.07) is 7.61. The molecule has 0 fully saturated rings. The lowest BCUT2D eigenvalue weighted by molar-refractivity contribution is 0.0311. The second-order valence-electron chi connectivity index (χ2n) is 6.23. The average Bonchev–Trinajstić information content (AvgIpc) is 2.62. The van der Waals surface area contributed by atoms with E-state index in [1.807, 2.05) is 31.2 Å². The smallest absolute Gasteiger partial charge is 0.338 e. The minimum atomic E-state index is -0.247. The highest BCUT2D eigenvalue weighted by Crippen LogP contribution is 2.11. The van der Waals surface area contributed by atoms with Gasteiger partial charge in [-0.25, -0.2) is 4.79 Å². The van der Waals surface area contributed by atoms with Gasteiger partial charge in [-0.15, -0.1) is 0 Å². The molecular formula is C21H34O3. The third-order valence-electron chi connectivity index (χ3n) is 4.22. The molecule has 3 heteroatoms. The van der Waals surface area contributed by atoms with E-state index in [2.05, 4.69) is 6.92 Å². The van der Waals surface area contributed by atoms with Crippen molar-refractivity contribution in [3.05, 3.63) is 35.4 Å². The standard InChI is InChI=1S/C21H34O3/c1-3-5-6-7-8-9-10-13-16-23-17-18-24-21(22)20-15-12-11-14-19(20)4-2/h11-12,14-15H,3-10,13,16-18H2,1-2H3. The van der Waals surface area contributed by atoms with Crippen LogP contribution in [0.15, 0.2) is 24.3 Å². The van der Waals surface area contributed by atoms with E-state index in [-0.39, 0.29) is 5.97 Å². The quantitative estimate of drug-likeness (QED) is 0.330. The molecule has 0 heterocycles. The summed E-state index contributed by atoms with van der Waals surface area (Å²) in [5.74, 6) is -0.247. The molecule has 0 bridgehead atoms. The zero-order valence-corrected chi connectivity index (χ0v) is 15.5. The Kier molecular flexibility index (Phi) is 12.1. The van der Waals surface area contributed by atoms with E-state index in [1.54, 1.807) is 0 Å². The van der Waals surface area contributed by atoms with Gasteiger partial charge >= 0.3 is 5.97 Å². The monoisotopic (exact) mass is 334 g/mol. The molecule has 24 heavy (non-hydrogen) atoms. The number of benzene rings is 1. The minimum Gasteiger partial charge on any atom is -0.460 e. The molecule has 1 aromatic rings. The topological polar surface area (TPSA) is 35.5 Å². The maximum atomic E-state index is 12.0. The van der Waals surface area contributed by atoms with E-state index in [0.717, 1.165) is 25.0 Å². The molecule has 0 aromatic heterocycles. The Labute approximate surface area is 147 Å². The maximum Gasteiger partial charge on any atom is 0.338 e. The van der Waals surface area contributed by atoms with Crippen LogP contribution >= 0.6 is 0 Å². The van der Waals surface area contributed by atoms with Crippen molar-refractivity contribution in [2.75, 3.05) is 19.8 Å². The number of ether oxygens (including phenoxy) is 2. The third-order valence-corrected chi connectivity index (χ3v) is 4.22. The van der Waals surface area contributed by atoms with Gasteiger partial charge in [-0.3, -0.25) is 0 Å². The zero-order valence-electron chi connectivity index (χ0n) is 15.5. The van der Waals surface area contributed by atoms with Crippen molar-refractivity contribution in [1.29, 1.82) is 0 Å². The van der Waals surface area contributed by atoms with Gasteiger partial charge in [-0.2, -0.15) is 0 Å².